The molecule has 1 aromatic carbocycles. The highest BCUT2D eigenvalue weighted by atomic mass is 19.4. The molecule has 1 fully saturated rings. The molecule has 1 atom stereocenters. The maximum atomic E-state index is 12.9. The monoisotopic (exact) mass is 807 g/mol. The van der Waals surface area contributed by atoms with E-state index in [-0.39, 0.29) is 44.8 Å². The standard InChI is InChI=1S/C31H47N7O11.C2HF3O2/c32-24(14-21-4-2-1-3-5-21)31(49)35-34-30(48)23-8-6-22(7-9-23)15-33-25(39)16-36(10-12-37(17-26(40)41)18-27(42)43)11-13-38(19-28(44)45)20-29(46)47;3-2(4,5)1(6)7/h6-9,21,24H,1-5,10-20,32H2,(H,33,39)(H,34,48)(H,35,49)(H,40,41)(H,42,43)(H,44,45)(H,46,47);(H,6,7)/t24-;/m1./s1. The number of alkyl halides is 3. The molecule has 0 bridgehead atoms. The molecule has 0 aromatic heterocycles. The van der Waals surface area contributed by atoms with Crippen LogP contribution in [-0.2, 0) is 40.1 Å². The van der Waals surface area contributed by atoms with E-state index in [2.05, 4.69) is 16.2 Å². The van der Waals surface area contributed by atoms with E-state index in [1.165, 1.54) is 23.5 Å². The first-order valence-corrected chi connectivity index (χ1v) is 17.2. The number of nitrogens with zero attached hydrogens (tertiary/aromatic N) is 3. The second-order valence-corrected chi connectivity index (χ2v) is 12.8. The zero-order valence-corrected chi connectivity index (χ0v) is 30.3. The Bertz CT molecular complexity index is 1420. The van der Waals surface area contributed by atoms with E-state index >= 15 is 0 Å². The van der Waals surface area contributed by atoms with Gasteiger partial charge in [-0.1, -0.05) is 44.2 Å². The van der Waals surface area contributed by atoms with Crippen LogP contribution in [0.2, 0.25) is 0 Å². The quantitative estimate of drug-likeness (QED) is 0.0650. The molecule has 1 aromatic rings. The van der Waals surface area contributed by atoms with Crippen LogP contribution in [-0.4, -0.2) is 159 Å². The molecule has 0 saturated heterocycles. The zero-order chi connectivity index (χ0) is 42.4. The van der Waals surface area contributed by atoms with Crippen molar-refractivity contribution in [2.24, 2.45) is 11.7 Å². The van der Waals surface area contributed by atoms with Gasteiger partial charge in [0.2, 0.25) is 5.91 Å². The van der Waals surface area contributed by atoms with Crippen LogP contribution in [0.15, 0.2) is 24.3 Å². The minimum Gasteiger partial charge on any atom is -0.480 e. The van der Waals surface area contributed by atoms with Crippen LogP contribution in [0.1, 0.15) is 54.4 Å². The van der Waals surface area contributed by atoms with E-state index in [0.717, 1.165) is 35.5 Å². The van der Waals surface area contributed by atoms with Crippen molar-refractivity contribution in [1.82, 2.24) is 30.9 Å². The van der Waals surface area contributed by atoms with Gasteiger partial charge in [-0.15, -0.1) is 0 Å². The van der Waals surface area contributed by atoms with Crippen molar-refractivity contribution in [1.29, 1.82) is 0 Å². The third-order valence-electron chi connectivity index (χ3n) is 8.16. The molecule has 0 unspecified atom stereocenters. The predicted octanol–water partition coefficient (Wildman–Crippen LogP) is -0.761. The Morgan fingerprint density at radius 3 is 1.52 bits per heavy atom. The second-order valence-electron chi connectivity index (χ2n) is 12.8. The number of carbonyl (C=O) groups excluding carboxylic acids is 3. The first kappa shape index (κ1) is 48.6. The number of carboxylic acid groups (broad SMARTS) is 5. The van der Waals surface area contributed by atoms with Crippen molar-refractivity contribution >= 4 is 47.6 Å². The fraction of sp³-hybridized carbons (Fsp3) is 0.576. The molecule has 1 aliphatic rings. The fourth-order valence-electron chi connectivity index (χ4n) is 5.43. The van der Waals surface area contributed by atoms with Crippen molar-refractivity contribution < 1.29 is 77.1 Å². The molecule has 20 nitrogen and oxygen atoms in total. The van der Waals surface area contributed by atoms with Crippen LogP contribution in [0.3, 0.4) is 0 Å². The van der Waals surface area contributed by atoms with Crippen molar-refractivity contribution in [3.63, 3.8) is 0 Å². The van der Waals surface area contributed by atoms with Crippen LogP contribution in [0.4, 0.5) is 13.2 Å². The number of amides is 3. The molecular weight excluding hydrogens is 759 g/mol. The number of carbonyl (C=O) groups is 8. The van der Waals surface area contributed by atoms with Gasteiger partial charge in [-0.2, -0.15) is 13.2 Å². The number of carboxylic acids is 5. The van der Waals surface area contributed by atoms with Crippen molar-refractivity contribution in [3.8, 4) is 0 Å². The van der Waals surface area contributed by atoms with E-state index in [4.69, 9.17) is 36.1 Å². The number of hydrogen-bond acceptors (Lipinski definition) is 12. The summed E-state index contributed by atoms with van der Waals surface area (Å²) in [7, 11) is 0. The highest BCUT2D eigenvalue weighted by Crippen LogP contribution is 2.27. The first-order chi connectivity index (χ1) is 26.2. The first-order valence-electron chi connectivity index (χ1n) is 17.2. The number of halogens is 3. The van der Waals surface area contributed by atoms with Gasteiger partial charge in [-0.05, 0) is 30.0 Å². The van der Waals surface area contributed by atoms with Crippen LogP contribution in [0.25, 0.3) is 0 Å². The van der Waals surface area contributed by atoms with Crippen LogP contribution in [0.5, 0.6) is 0 Å². The maximum absolute atomic E-state index is 12.9. The minimum absolute atomic E-state index is 0.0216. The molecule has 0 spiro atoms. The summed E-state index contributed by atoms with van der Waals surface area (Å²) in [6.45, 7) is -2.51. The van der Waals surface area contributed by atoms with Crippen LogP contribution >= 0.6 is 0 Å². The van der Waals surface area contributed by atoms with E-state index < -0.39 is 86.0 Å². The lowest BCUT2D eigenvalue weighted by atomic mass is 9.85. The molecule has 0 heterocycles. The third kappa shape index (κ3) is 22.1. The van der Waals surface area contributed by atoms with Gasteiger partial charge in [0.15, 0.2) is 0 Å². The molecule has 1 aliphatic carbocycles. The van der Waals surface area contributed by atoms with Gasteiger partial charge in [-0.25, -0.2) is 4.79 Å². The number of benzene rings is 1. The number of nitrogens with two attached hydrogens (primary N) is 1. The molecular formula is C33H48F3N7O13. The Labute approximate surface area is 318 Å². The highest BCUT2D eigenvalue weighted by Gasteiger charge is 2.38. The molecule has 0 radical (unpaired) electrons. The summed E-state index contributed by atoms with van der Waals surface area (Å²) in [5.74, 6) is -8.85. The van der Waals surface area contributed by atoms with E-state index in [1.807, 2.05) is 0 Å². The Kier molecular flexibility index (Phi) is 21.6. The van der Waals surface area contributed by atoms with Crippen LogP contribution < -0.4 is 21.9 Å². The highest BCUT2D eigenvalue weighted by molar-refractivity contribution is 5.95. The second kappa shape index (κ2) is 24.9. The summed E-state index contributed by atoms with van der Waals surface area (Å²) in [6.07, 6.45) is 1.01. The summed E-state index contributed by atoms with van der Waals surface area (Å²) < 4.78 is 31.7. The molecule has 1 saturated carbocycles. The molecule has 23 heteroatoms. The van der Waals surface area contributed by atoms with E-state index in [9.17, 15) is 46.7 Å². The summed E-state index contributed by atoms with van der Waals surface area (Å²) in [6, 6.07) is 5.50. The Hall–Kier alpha value is -5.39. The molecule has 3 amide bonds. The number of hydrogen-bond donors (Lipinski definition) is 9. The number of rotatable bonds is 22. The predicted molar refractivity (Wildman–Crippen MR) is 187 cm³/mol. The van der Waals surface area contributed by atoms with Crippen LogP contribution in [0, 0.1) is 5.92 Å². The Morgan fingerprint density at radius 2 is 1.11 bits per heavy atom. The summed E-state index contributed by atoms with van der Waals surface area (Å²) >= 11 is 0. The van der Waals surface area contributed by atoms with Gasteiger partial charge < -0.3 is 36.6 Å². The molecule has 56 heavy (non-hydrogen) atoms. The van der Waals surface area contributed by atoms with Gasteiger partial charge in [0, 0.05) is 38.3 Å². The number of hydrazine groups is 1. The Morgan fingerprint density at radius 1 is 0.679 bits per heavy atom. The smallest absolute Gasteiger partial charge is 0.480 e. The third-order valence-corrected chi connectivity index (χ3v) is 8.16. The molecule has 10 N–H and O–H groups in total. The zero-order valence-electron chi connectivity index (χ0n) is 30.3. The minimum atomic E-state index is -5.08. The lowest BCUT2D eigenvalue weighted by Gasteiger charge is -2.28. The van der Waals surface area contributed by atoms with Gasteiger partial charge in [0.05, 0.1) is 38.8 Å². The van der Waals surface area contributed by atoms with Crippen molar-refractivity contribution in [3.05, 3.63) is 35.4 Å². The Balaban J connectivity index is 0.00000203. The maximum Gasteiger partial charge on any atom is 0.490 e. The average molecular weight is 808 g/mol. The normalized spacial score (nSPS) is 13.6. The van der Waals surface area contributed by atoms with E-state index in [1.54, 1.807) is 12.1 Å². The van der Waals surface area contributed by atoms with Gasteiger partial charge in [-0.3, -0.25) is 59.1 Å². The summed E-state index contributed by atoms with van der Waals surface area (Å²) in [5.41, 5.74) is 11.6. The van der Waals surface area contributed by atoms with E-state index in [0.29, 0.717) is 17.9 Å². The summed E-state index contributed by atoms with van der Waals surface area (Å²) in [4.78, 5) is 95.2. The molecule has 2 rings (SSSR count). The SMILES string of the molecule is N[C@H](CC1CCCCC1)C(=O)NNC(=O)c1ccc(CNC(=O)CN(CCN(CC(=O)O)CC(=O)O)CCN(CC(=O)O)CC(=O)O)cc1.O=C(O)C(F)(F)F. The average Bonchev–Trinajstić information content (AvgIpc) is 3.10. The summed E-state index contributed by atoms with van der Waals surface area (Å²) in [5, 5.41) is 46.3. The fourth-order valence-corrected chi connectivity index (χ4v) is 5.43. The number of aliphatic carboxylic acids is 5. The van der Waals surface area contributed by atoms with Crippen molar-refractivity contribution in [2.75, 3.05) is 58.9 Å². The lowest BCUT2D eigenvalue weighted by molar-refractivity contribution is -0.192. The topological polar surface area (TPSA) is 310 Å². The van der Waals surface area contributed by atoms with Crippen molar-refractivity contribution in [2.45, 2.75) is 57.3 Å². The van der Waals surface area contributed by atoms with Gasteiger partial charge >= 0.3 is 36.0 Å². The largest absolute Gasteiger partial charge is 0.490 e. The lowest BCUT2D eigenvalue weighted by Crippen LogP contribution is -2.49. The van der Waals surface area contributed by atoms with Gasteiger partial charge in [0.25, 0.3) is 11.8 Å². The van der Waals surface area contributed by atoms with Gasteiger partial charge in [0.1, 0.15) is 0 Å². The molecule has 0 aliphatic heterocycles. The number of nitrogens with one attached hydrogen (secondary N) is 3. The molecule has 314 valence electrons.